The second-order valence-corrected chi connectivity index (χ2v) is 5.31. The van der Waals surface area contributed by atoms with E-state index in [4.69, 9.17) is 10.8 Å². The van der Waals surface area contributed by atoms with Crippen molar-refractivity contribution < 1.29 is 32.7 Å². The van der Waals surface area contributed by atoms with Crippen molar-refractivity contribution in [2.45, 2.75) is 6.18 Å². The number of benzene rings is 1. The van der Waals surface area contributed by atoms with Gasteiger partial charge in [-0.25, -0.2) is 4.79 Å². The maximum absolute atomic E-state index is 13.4. The molecular formula is C15H8F3N3O5. The van der Waals surface area contributed by atoms with E-state index in [2.05, 4.69) is 0 Å². The summed E-state index contributed by atoms with van der Waals surface area (Å²) in [4.78, 5) is 46.6. The van der Waals surface area contributed by atoms with Crippen molar-refractivity contribution in [3.63, 3.8) is 0 Å². The number of hydrogen-bond donors (Lipinski definition) is 3. The summed E-state index contributed by atoms with van der Waals surface area (Å²) in [6.07, 6.45) is -5.01. The minimum atomic E-state index is -5.01. The number of carbonyl (C=O) groups is 3. The molecule has 1 aromatic carbocycles. The van der Waals surface area contributed by atoms with Gasteiger partial charge in [0.05, 0.1) is 27.9 Å². The number of rotatable bonds is 2. The molecule has 8 nitrogen and oxygen atoms in total. The van der Waals surface area contributed by atoms with Crippen molar-refractivity contribution in [1.82, 2.24) is 9.88 Å². The minimum Gasteiger partial charge on any atom is -0.478 e. The summed E-state index contributed by atoms with van der Waals surface area (Å²) in [7, 11) is 0. The molecule has 0 spiro atoms. The molecule has 2 heterocycles. The van der Waals surface area contributed by atoms with Crippen LogP contribution in [0.25, 0.3) is 5.69 Å². The summed E-state index contributed by atoms with van der Waals surface area (Å²) >= 11 is 0. The second kappa shape index (κ2) is 5.44. The van der Waals surface area contributed by atoms with E-state index in [-0.39, 0.29) is 5.56 Å². The SMILES string of the molecule is Nc1c2c(cc(=O)n1-c1ccc(C(=O)O)cc1C(F)(F)F)C(=O)NC2=O. The van der Waals surface area contributed by atoms with Crippen LogP contribution in [0.4, 0.5) is 19.0 Å². The first-order chi connectivity index (χ1) is 12.0. The number of aromatic carboxylic acids is 1. The smallest absolute Gasteiger partial charge is 0.418 e. The van der Waals surface area contributed by atoms with Gasteiger partial charge in [0.15, 0.2) is 0 Å². The predicted molar refractivity (Wildman–Crippen MR) is 80.2 cm³/mol. The molecular weight excluding hydrogens is 359 g/mol. The van der Waals surface area contributed by atoms with E-state index in [1.807, 2.05) is 5.32 Å². The standard InChI is InChI=1S/C15H8F3N3O5/c16-15(17,18)7-3-5(14(25)26)1-2-8(7)21-9(22)4-6-10(11(21)19)13(24)20-12(6)23/h1-4H,19H2,(H,25,26)(H,20,23,24). The van der Waals surface area contributed by atoms with Crippen molar-refractivity contribution in [1.29, 1.82) is 0 Å². The number of imide groups is 1. The number of fused-ring (bicyclic) bond motifs is 1. The number of anilines is 1. The molecule has 0 saturated heterocycles. The molecule has 0 atom stereocenters. The highest BCUT2D eigenvalue weighted by atomic mass is 19.4. The summed E-state index contributed by atoms with van der Waals surface area (Å²) < 4.78 is 40.5. The lowest BCUT2D eigenvalue weighted by atomic mass is 10.1. The van der Waals surface area contributed by atoms with Crippen LogP contribution in [-0.4, -0.2) is 27.5 Å². The summed E-state index contributed by atoms with van der Waals surface area (Å²) in [5.74, 6) is -4.10. The van der Waals surface area contributed by atoms with Crippen LogP contribution in [0.15, 0.2) is 29.1 Å². The molecule has 0 aliphatic carbocycles. The Morgan fingerprint density at radius 1 is 1.12 bits per heavy atom. The number of hydrogen-bond acceptors (Lipinski definition) is 5. The topological polar surface area (TPSA) is 131 Å². The first kappa shape index (κ1) is 17.2. The van der Waals surface area contributed by atoms with E-state index in [1.165, 1.54) is 0 Å². The van der Waals surface area contributed by atoms with Gasteiger partial charge in [0.2, 0.25) is 0 Å². The Labute approximate surface area is 141 Å². The van der Waals surface area contributed by atoms with Crippen LogP contribution in [0.1, 0.15) is 36.6 Å². The number of carboxylic acids is 1. The van der Waals surface area contributed by atoms with Gasteiger partial charge in [-0.05, 0) is 18.2 Å². The summed E-state index contributed by atoms with van der Waals surface area (Å²) in [6, 6.07) is 2.65. The quantitative estimate of drug-likeness (QED) is 0.679. The van der Waals surface area contributed by atoms with Crippen LogP contribution in [0.5, 0.6) is 0 Å². The fraction of sp³-hybridized carbons (Fsp3) is 0.0667. The zero-order valence-corrected chi connectivity index (χ0v) is 12.5. The Balaban J connectivity index is 2.37. The number of aromatic nitrogens is 1. The van der Waals surface area contributed by atoms with E-state index in [0.29, 0.717) is 16.7 Å². The molecule has 0 bridgehead atoms. The normalized spacial score (nSPS) is 13.5. The zero-order valence-electron chi connectivity index (χ0n) is 12.5. The van der Waals surface area contributed by atoms with E-state index in [9.17, 15) is 32.3 Å². The molecule has 2 amide bonds. The van der Waals surface area contributed by atoms with Gasteiger partial charge in [0.25, 0.3) is 17.4 Å². The summed E-state index contributed by atoms with van der Waals surface area (Å²) in [6.45, 7) is 0. The molecule has 4 N–H and O–H groups in total. The Hall–Kier alpha value is -3.63. The first-order valence-corrected chi connectivity index (χ1v) is 6.88. The van der Waals surface area contributed by atoms with E-state index >= 15 is 0 Å². The molecule has 11 heteroatoms. The molecule has 2 aromatic rings. The molecule has 3 rings (SSSR count). The average molecular weight is 367 g/mol. The van der Waals surface area contributed by atoms with E-state index < -0.39 is 57.7 Å². The molecule has 0 unspecified atom stereocenters. The van der Waals surface area contributed by atoms with Gasteiger partial charge in [-0.1, -0.05) is 0 Å². The van der Waals surface area contributed by atoms with Gasteiger partial charge in [-0.3, -0.25) is 24.3 Å². The van der Waals surface area contributed by atoms with E-state index in [1.54, 1.807) is 0 Å². The minimum absolute atomic E-state index is 0.343. The lowest BCUT2D eigenvalue weighted by Crippen LogP contribution is -2.26. The third-order valence-electron chi connectivity index (χ3n) is 3.74. The maximum Gasteiger partial charge on any atom is 0.418 e. The third kappa shape index (κ3) is 2.49. The second-order valence-electron chi connectivity index (χ2n) is 5.31. The predicted octanol–water partition coefficient (Wildman–Crippen LogP) is 1.02. The number of nitrogens with one attached hydrogen (secondary N) is 1. The van der Waals surface area contributed by atoms with Gasteiger partial charge in [-0.15, -0.1) is 0 Å². The number of nitrogens with two attached hydrogens (primary N) is 1. The highest BCUT2D eigenvalue weighted by Crippen LogP contribution is 2.35. The monoisotopic (exact) mass is 367 g/mol. The molecule has 134 valence electrons. The Kier molecular flexibility index (Phi) is 3.60. The Morgan fingerprint density at radius 2 is 1.77 bits per heavy atom. The lowest BCUT2D eigenvalue weighted by Gasteiger charge is -2.17. The molecule has 0 saturated carbocycles. The van der Waals surface area contributed by atoms with Gasteiger partial charge < -0.3 is 10.8 Å². The number of carbonyl (C=O) groups excluding carboxylic acids is 2. The Morgan fingerprint density at radius 3 is 2.35 bits per heavy atom. The number of halogens is 3. The van der Waals surface area contributed by atoms with Crippen molar-refractivity contribution in [2.75, 3.05) is 5.73 Å². The average Bonchev–Trinajstić information content (AvgIpc) is 2.80. The maximum atomic E-state index is 13.4. The van der Waals surface area contributed by atoms with Crippen LogP contribution in [0.3, 0.4) is 0 Å². The molecule has 1 aliphatic heterocycles. The number of nitrogens with zero attached hydrogens (tertiary/aromatic N) is 1. The molecule has 1 aromatic heterocycles. The van der Waals surface area contributed by atoms with E-state index in [0.717, 1.165) is 12.1 Å². The zero-order chi connectivity index (χ0) is 19.4. The number of nitrogen functional groups attached to an aromatic ring is 1. The number of carboxylic acid groups (broad SMARTS) is 1. The van der Waals surface area contributed by atoms with Crippen LogP contribution in [0.2, 0.25) is 0 Å². The van der Waals surface area contributed by atoms with Crippen molar-refractivity contribution >= 4 is 23.6 Å². The lowest BCUT2D eigenvalue weighted by molar-refractivity contribution is -0.137. The first-order valence-electron chi connectivity index (χ1n) is 6.88. The molecule has 26 heavy (non-hydrogen) atoms. The molecule has 0 fully saturated rings. The van der Waals surface area contributed by atoms with Crippen LogP contribution in [-0.2, 0) is 6.18 Å². The highest BCUT2D eigenvalue weighted by molar-refractivity contribution is 6.23. The van der Waals surface area contributed by atoms with Gasteiger partial charge >= 0.3 is 12.1 Å². The summed E-state index contributed by atoms with van der Waals surface area (Å²) in [5, 5.41) is 10.8. The fourth-order valence-corrected chi connectivity index (χ4v) is 2.62. The highest BCUT2D eigenvalue weighted by Gasteiger charge is 2.37. The van der Waals surface area contributed by atoms with Gasteiger partial charge in [0.1, 0.15) is 5.82 Å². The Bertz CT molecular complexity index is 1060. The number of amides is 2. The van der Waals surface area contributed by atoms with Gasteiger partial charge in [-0.2, -0.15) is 13.2 Å². The molecule has 0 radical (unpaired) electrons. The largest absolute Gasteiger partial charge is 0.478 e. The molecule has 1 aliphatic rings. The van der Waals surface area contributed by atoms with Crippen LogP contribution < -0.4 is 16.6 Å². The van der Waals surface area contributed by atoms with Crippen LogP contribution >= 0.6 is 0 Å². The van der Waals surface area contributed by atoms with Gasteiger partial charge in [0, 0.05) is 6.07 Å². The van der Waals surface area contributed by atoms with Crippen molar-refractivity contribution in [2.24, 2.45) is 0 Å². The third-order valence-corrected chi connectivity index (χ3v) is 3.74. The summed E-state index contributed by atoms with van der Waals surface area (Å²) in [5.41, 5.74) is 0.994. The van der Waals surface area contributed by atoms with Crippen molar-refractivity contribution in [3.8, 4) is 5.69 Å². The fourth-order valence-electron chi connectivity index (χ4n) is 2.62. The van der Waals surface area contributed by atoms with Crippen LogP contribution in [0, 0.1) is 0 Å². The number of alkyl halides is 3. The van der Waals surface area contributed by atoms with Crippen molar-refractivity contribution in [3.05, 3.63) is 56.9 Å². The number of pyridine rings is 1.